The highest BCUT2D eigenvalue weighted by molar-refractivity contribution is 7.99. The summed E-state index contributed by atoms with van der Waals surface area (Å²) in [7, 11) is 1.64. The summed E-state index contributed by atoms with van der Waals surface area (Å²) in [6.45, 7) is 0. The first-order chi connectivity index (χ1) is 16.2. The van der Waals surface area contributed by atoms with Crippen LogP contribution in [0.25, 0.3) is 27.2 Å². The molecule has 0 bridgehead atoms. The fourth-order valence-corrected chi connectivity index (χ4v) is 4.99. The molecule has 0 spiro atoms. The monoisotopic (exact) mass is 472 g/mol. The number of rotatable bonds is 7. The van der Waals surface area contributed by atoms with Gasteiger partial charge in [0, 0.05) is 11.1 Å². The fourth-order valence-electron chi connectivity index (χ4n) is 3.54. The number of ether oxygens (including phenoxy) is 1. The van der Waals surface area contributed by atoms with Gasteiger partial charge in [-0.3, -0.25) is 9.36 Å². The van der Waals surface area contributed by atoms with Crippen molar-refractivity contribution in [2.45, 2.75) is 5.16 Å². The van der Waals surface area contributed by atoms with Crippen LogP contribution in [0.15, 0.2) is 89.4 Å². The molecule has 8 heteroatoms. The van der Waals surface area contributed by atoms with E-state index in [0.717, 1.165) is 38.6 Å². The minimum atomic E-state index is -0.0988. The zero-order chi connectivity index (χ0) is 22.6. The lowest BCUT2D eigenvalue weighted by Gasteiger charge is -2.11. The van der Waals surface area contributed by atoms with Gasteiger partial charge in [-0.1, -0.05) is 54.2 Å². The van der Waals surface area contributed by atoms with Crippen molar-refractivity contribution in [2.75, 3.05) is 18.2 Å². The lowest BCUT2D eigenvalue weighted by Crippen LogP contribution is -2.14. The predicted molar refractivity (Wildman–Crippen MR) is 135 cm³/mol. The zero-order valence-corrected chi connectivity index (χ0v) is 19.4. The van der Waals surface area contributed by atoms with Crippen LogP contribution in [0, 0.1) is 0 Å². The number of aromatic nitrogens is 3. The van der Waals surface area contributed by atoms with Crippen LogP contribution in [0.3, 0.4) is 0 Å². The lowest BCUT2D eigenvalue weighted by atomic mass is 10.1. The van der Waals surface area contributed by atoms with E-state index in [2.05, 4.69) is 15.5 Å². The number of nitrogens with zero attached hydrogens (tertiary/aromatic N) is 3. The number of hydrogen-bond donors (Lipinski definition) is 1. The quantitative estimate of drug-likeness (QED) is 0.299. The van der Waals surface area contributed by atoms with Crippen molar-refractivity contribution in [3.63, 3.8) is 0 Å². The topological polar surface area (TPSA) is 69.0 Å². The summed E-state index contributed by atoms with van der Waals surface area (Å²) in [5.74, 6) is 1.63. The molecule has 5 aromatic rings. The van der Waals surface area contributed by atoms with Gasteiger partial charge in [0.15, 0.2) is 11.0 Å². The normalized spacial score (nSPS) is 10.9. The van der Waals surface area contributed by atoms with Crippen LogP contribution in [0.2, 0.25) is 0 Å². The maximum absolute atomic E-state index is 12.8. The molecule has 0 radical (unpaired) electrons. The Morgan fingerprint density at radius 2 is 1.82 bits per heavy atom. The molecule has 0 fully saturated rings. The first-order valence-electron chi connectivity index (χ1n) is 10.3. The summed E-state index contributed by atoms with van der Waals surface area (Å²) >= 11 is 2.95. The van der Waals surface area contributed by atoms with E-state index in [0.29, 0.717) is 5.16 Å². The number of thiophene rings is 1. The summed E-state index contributed by atoms with van der Waals surface area (Å²) in [6.07, 6.45) is 0. The molecule has 1 N–H and O–H groups in total. The van der Waals surface area contributed by atoms with Gasteiger partial charge in [-0.25, -0.2) is 0 Å². The number of anilines is 1. The third-order valence-corrected chi connectivity index (χ3v) is 6.90. The van der Waals surface area contributed by atoms with Gasteiger partial charge >= 0.3 is 0 Å². The molecule has 0 unspecified atom stereocenters. The average Bonchev–Trinajstić information content (AvgIpc) is 3.53. The van der Waals surface area contributed by atoms with Crippen molar-refractivity contribution in [2.24, 2.45) is 0 Å². The van der Waals surface area contributed by atoms with Crippen molar-refractivity contribution in [3.8, 4) is 22.1 Å². The number of benzene rings is 3. The minimum Gasteiger partial charge on any atom is -0.497 e. The van der Waals surface area contributed by atoms with E-state index in [1.54, 1.807) is 18.4 Å². The Morgan fingerprint density at radius 1 is 1.00 bits per heavy atom. The molecule has 0 atom stereocenters. The second-order valence-electron chi connectivity index (χ2n) is 7.18. The largest absolute Gasteiger partial charge is 0.497 e. The number of thioether (sulfide) groups is 1. The van der Waals surface area contributed by atoms with E-state index < -0.39 is 0 Å². The van der Waals surface area contributed by atoms with Crippen LogP contribution in [-0.4, -0.2) is 33.5 Å². The molecule has 0 saturated heterocycles. The highest BCUT2D eigenvalue weighted by atomic mass is 32.2. The van der Waals surface area contributed by atoms with Crippen molar-refractivity contribution in [1.82, 2.24) is 14.8 Å². The van der Waals surface area contributed by atoms with Crippen molar-refractivity contribution < 1.29 is 9.53 Å². The van der Waals surface area contributed by atoms with Crippen LogP contribution < -0.4 is 10.1 Å². The van der Waals surface area contributed by atoms with E-state index in [9.17, 15) is 4.79 Å². The van der Waals surface area contributed by atoms with Gasteiger partial charge < -0.3 is 10.1 Å². The van der Waals surface area contributed by atoms with Gasteiger partial charge in [0.25, 0.3) is 0 Å². The van der Waals surface area contributed by atoms with E-state index in [1.165, 1.54) is 11.8 Å². The lowest BCUT2D eigenvalue weighted by molar-refractivity contribution is -0.113. The molecule has 5 rings (SSSR count). The maximum atomic E-state index is 12.8. The van der Waals surface area contributed by atoms with Gasteiger partial charge in [0.05, 0.1) is 23.4 Å². The van der Waals surface area contributed by atoms with Gasteiger partial charge in [-0.2, -0.15) is 0 Å². The molecule has 0 aliphatic rings. The molecule has 0 aliphatic heterocycles. The Bertz CT molecular complexity index is 1390. The number of carbonyl (C=O) groups excluding carboxylic acids is 1. The number of methoxy groups -OCH3 is 1. The Labute approximate surface area is 199 Å². The van der Waals surface area contributed by atoms with Crippen molar-refractivity contribution >= 4 is 45.5 Å². The average molecular weight is 473 g/mol. The van der Waals surface area contributed by atoms with Crippen LogP contribution in [0.5, 0.6) is 5.75 Å². The number of carbonyl (C=O) groups is 1. The third kappa shape index (κ3) is 4.48. The fraction of sp³-hybridized carbons (Fsp3) is 0.0800. The smallest absolute Gasteiger partial charge is 0.234 e. The molecule has 3 aromatic carbocycles. The molecular weight excluding hydrogens is 452 g/mol. The Kier molecular flexibility index (Phi) is 6.10. The van der Waals surface area contributed by atoms with E-state index >= 15 is 0 Å². The van der Waals surface area contributed by atoms with Crippen LogP contribution >= 0.6 is 23.1 Å². The first-order valence-corrected chi connectivity index (χ1v) is 12.1. The Balaban J connectivity index is 1.39. The van der Waals surface area contributed by atoms with Crippen molar-refractivity contribution in [1.29, 1.82) is 0 Å². The molecule has 2 aromatic heterocycles. The van der Waals surface area contributed by atoms with Crippen LogP contribution in [-0.2, 0) is 4.79 Å². The summed E-state index contributed by atoms with van der Waals surface area (Å²) in [5.41, 5.74) is 1.70. The maximum Gasteiger partial charge on any atom is 0.234 e. The standard InChI is InChI=1S/C25H20N4O2S2/c1-31-19-13-11-18(12-14-19)29-24(22-10-5-15-32-22)27-28-25(29)33-16-23(30)26-21-9-4-7-17-6-2-3-8-20(17)21/h2-15H,16H2,1H3,(H,26,30). The molecule has 0 aliphatic carbocycles. The van der Waals surface area contributed by atoms with E-state index in [1.807, 2.05) is 88.8 Å². The van der Waals surface area contributed by atoms with Gasteiger partial charge in [-0.05, 0) is 47.2 Å². The van der Waals surface area contributed by atoms with E-state index in [-0.39, 0.29) is 11.7 Å². The SMILES string of the molecule is COc1ccc(-n2c(SCC(=O)Nc3cccc4ccccc34)nnc2-c2cccs2)cc1. The number of fused-ring (bicyclic) bond motifs is 1. The zero-order valence-electron chi connectivity index (χ0n) is 17.8. The number of nitrogens with one attached hydrogen (secondary N) is 1. The van der Waals surface area contributed by atoms with Crippen molar-refractivity contribution in [3.05, 3.63) is 84.2 Å². The number of amides is 1. The van der Waals surface area contributed by atoms with Gasteiger partial charge in [0.1, 0.15) is 5.75 Å². The van der Waals surface area contributed by atoms with Gasteiger partial charge in [-0.15, -0.1) is 21.5 Å². The molecule has 0 saturated carbocycles. The second kappa shape index (κ2) is 9.48. The Morgan fingerprint density at radius 3 is 2.61 bits per heavy atom. The summed E-state index contributed by atoms with van der Waals surface area (Å²) < 4.78 is 7.26. The summed E-state index contributed by atoms with van der Waals surface area (Å²) in [5, 5.41) is 16.6. The highest BCUT2D eigenvalue weighted by Crippen LogP contribution is 2.31. The van der Waals surface area contributed by atoms with Gasteiger partial charge in [0.2, 0.25) is 5.91 Å². The number of hydrogen-bond acceptors (Lipinski definition) is 6. The molecule has 1 amide bonds. The van der Waals surface area contributed by atoms with E-state index in [4.69, 9.17) is 4.74 Å². The summed E-state index contributed by atoms with van der Waals surface area (Å²) in [6, 6.07) is 25.6. The molecule has 6 nitrogen and oxygen atoms in total. The van der Waals surface area contributed by atoms with Crippen LogP contribution in [0.4, 0.5) is 5.69 Å². The highest BCUT2D eigenvalue weighted by Gasteiger charge is 2.18. The summed E-state index contributed by atoms with van der Waals surface area (Å²) in [4.78, 5) is 13.8. The minimum absolute atomic E-state index is 0.0988. The van der Waals surface area contributed by atoms with Crippen LogP contribution in [0.1, 0.15) is 0 Å². The third-order valence-electron chi connectivity index (χ3n) is 5.10. The first kappa shape index (κ1) is 21.2. The molecule has 2 heterocycles. The predicted octanol–water partition coefficient (Wildman–Crippen LogP) is 5.89. The Hall–Kier alpha value is -3.62. The molecule has 33 heavy (non-hydrogen) atoms. The molecular formula is C25H20N4O2S2. The molecule has 164 valence electrons. The second-order valence-corrected chi connectivity index (χ2v) is 9.07.